The molecule has 0 radical (unpaired) electrons. The molecule has 2 aromatic rings. The molecule has 1 heterocycles. The SMILES string of the molecule is O=C(Nc1ccc(Br)cc1)Nc1ccc(Cl)cn1. The lowest BCUT2D eigenvalue weighted by atomic mass is 10.3. The van der Waals surface area contributed by atoms with Crippen molar-refractivity contribution in [3.05, 3.63) is 52.1 Å². The van der Waals surface area contributed by atoms with Crippen LogP contribution in [-0.2, 0) is 0 Å². The average Bonchev–Trinajstić information content (AvgIpc) is 2.35. The van der Waals surface area contributed by atoms with Gasteiger partial charge in [0.05, 0.1) is 5.02 Å². The number of urea groups is 1. The first-order chi connectivity index (χ1) is 8.63. The number of pyridine rings is 1. The molecule has 0 aliphatic rings. The van der Waals surface area contributed by atoms with Crippen LogP contribution < -0.4 is 10.6 Å². The van der Waals surface area contributed by atoms with Gasteiger partial charge in [0.25, 0.3) is 0 Å². The summed E-state index contributed by atoms with van der Waals surface area (Å²) in [5, 5.41) is 5.81. The van der Waals surface area contributed by atoms with E-state index < -0.39 is 0 Å². The highest BCUT2D eigenvalue weighted by molar-refractivity contribution is 9.10. The number of hydrogen-bond donors (Lipinski definition) is 2. The molecule has 0 spiro atoms. The van der Waals surface area contributed by atoms with Gasteiger partial charge in [-0.3, -0.25) is 5.32 Å². The second-order valence-electron chi connectivity index (χ2n) is 3.45. The number of nitrogens with zero attached hydrogens (tertiary/aromatic N) is 1. The summed E-state index contributed by atoms with van der Waals surface area (Å²) in [7, 11) is 0. The van der Waals surface area contributed by atoms with E-state index in [0.717, 1.165) is 4.47 Å². The molecule has 0 aliphatic heterocycles. The highest BCUT2D eigenvalue weighted by Crippen LogP contribution is 2.14. The number of halogens is 2. The molecule has 4 nitrogen and oxygen atoms in total. The van der Waals surface area contributed by atoms with Gasteiger partial charge < -0.3 is 5.32 Å². The third kappa shape index (κ3) is 3.72. The van der Waals surface area contributed by atoms with Crippen molar-refractivity contribution in [2.24, 2.45) is 0 Å². The van der Waals surface area contributed by atoms with Gasteiger partial charge in [-0.2, -0.15) is 0 Å². The fourth-order valence-corrected chi connectivity index (χ4v) is 1.64. The van der Waals surface area contributed by atoms with Gasteiger partial charge in [0.1, 0.15) is 5.82 Å². The lowest BCUT2D eigenvalue weighted by Gasteiger charge is -2.06. The second kappa shape index (κ2) is 5.84. The zero-order valence-corrected chi connectivity index (χ0v) is 11.5. The molecule has 0 bridgehead atoms. The van der Waals surface area contributed by atoms with Crippen LogP contribution in [0.5, 0.6) is 0 Å². The van der Waals surface area contributed by atoms with E-state index in [0.29, 0.717) is 16.5 Å². The Bertz CT molecular complexity index is 493. The minimum Gasteiger partial charge on any atom is -0.308 e. The molecule has 0 atom stereocenters. The monoisotopic (exact) mass is 325 g/mol. The standard InChI is InChI=1S/C12H9BrClN3O/c13-8-1-4-10(5-2-8)16-12(18)17-11-6-3-9(14)7-15-11/h1-7H,(H2,15,16,17,18). The maximum atomic E-state index is 11.6. The third-order valence-electron chi connectivity index (χ3n) is 2.07. The summed E-state index contributed by atoms with van der Waals surface area (Å²) >= 11 is 9.02. The van der Waals surface area contributed by atoms with Crippen LogP contribution >= 0.6 is 27.5 Å². The Morgan fingerprint density at radius 1 is 1.11 bits per heavy atom. The molecule has 0 fully saturated rings. The summed E-state index contributed by atoms with van der Waals surface area (Å²) in [5.74, 6) is 0.439. The third-order valence-corrected chi connectivity index (χ3v) is 2.82. The van der Waals surface area contributed by atoms with Crippen LogP contribution in [0.15, 0.2) is 47.1 Å². The number of amides is 2. The van der Waals surface area contributed by atoms with Crippen LogP contribution in [0.2, 0.25) is 5.02 Å². The zero-order chi connectivity index (χ0) is 13.0. The normalized spacial score (nSPS) is 9.89. The van der Waals surface area contributed by atoms with Gasteiger partial charge in [-0.15, -0.1) is 0 Å². The number of hydrogen-bond acceptors (Lipinski definition) is 2. The number of rotatable bonds is 2. The smallest absolute Gasteiger partial charge is 0.308 e. The Hall–Kier alpha value is -1.59. The molecular formula is C12H9BrClN3O. The quantitative estimate of drug-likeness (QED) is 0.871. The summed E-state index contributed by atoms with van der Waals surface area (Å²) in [6, 6.07) is 10.2. The Morgan fingerprint density at radius 2 is 1.83 bits per heavy atom. The predicted octanol–water partition coefficient (Wildman–Crippen LogP) is 4.14. The van der Waals surface area contributed by atoms with E-state index in [1.165, 1.54) is 6.20 Å². The van der Waals surface area contributed by atoms with Crippen LogP contribution in [-0.4, -0.2) is 11.0 Å². The molecule has 2 amide bonds. The summed E-state index contributed by atoms with van der Waals surface area (Å²) in [4.78, 5) is 15.6. The molecule has 92 valence electrons. The summed E-state index contributed by atoms with van der Waals surface area (Å²) in [5.41, 5.74) is 0.699. The van der Waals surface area contributed by atoms with Gasteiger partial charge in [-0.1, -0.05) is 27.5 Å². The van der Waals surface area contributed by atoms with Crippen molar-refractivity contribution in [1.82, 2.24) is 4.98 Å². The first-order valence-corrected chi connectivity index (χ1v) is 6.26. The van der Waals surface area contributed by atoms with Gasteiger partial charge in [-0.25, -0.2) is 9.78 Å². The Balaban J connectivity index is 1.96. The van der Waals surface area contributed by atoms with Gasteiger partial charge in [-0.05, 0) is 36.4 Å². The highest BCUT2D eigenvalue weighted by Gasteiger charge is 2.03. The number of nitrogens with one attached hydrogen (secondary N) is 2. The summed E-state index contributed by atoms with van der Waals surface area (Å²) < 4.78 is 0.952. The fraction of sp³-hybridized carbons (Fsp3) is 0. The number of carbonyl (C=O) groups is 1. The minimum atomic E-state index is -0.354. The highest BCUT2D eigenvalue weighted by atomic mass is 79.9. The Morgan fingerprint density at radius 3 is 2.44 bits per heavy atom. The van der Waals surface area contributed by atoms with Crippen molar-refractivity contribution in [3.8, 4) is 0 Å². The van der Waals surface area contributed by atoms with Crippen molar-refractivity contribution >= 4 is 45.1 Å². The molecule has 18 heavy (non-hydrogen) atoms. The van der Waals surface area contributed by atoms with E-state index in [-0.39, 0.29) is 6.03 Å². The first kappa shape index (κ1) is 12.9. The molecule has 6 heteroatoms. The maximum Gasteiger partial charge on any atom is 0.324 e. The fourth-order valence-electron chi connectivity index (χ4n) is 1.26. The van der Waals surface area contributed by atoms with E-state index in [1.807, 2.05) is 12.1 Å². The van der Waals surface area contributed by atoms with Crippen molar-refractivity contribution in [2.45, 2.75) is 0 Å². The number of aromatic nitrogens is 1. The minimum absolute atomic E-state index is 0.354. The Kier molecular flexibility index (Phi) is 4.17. The van der Waals surface area contributed by atoms with Crippen LogP contribution in [0.3, 0.4) is 0 Å². The van der Waals surface area contributed by atoms with Crippen molar-refractivity contribution in [3.63, 3.8) is 0 Å². The molecule has 0 saturated heterocycles. The molecule has 1 aromatic carbocycles. The van der Waals surface area contributed by atoms with E-state index >= 15 is 0 Å². The molecule has 2 rings (SSSR count). The predicted molar refractivity (Wildman–Crippen MR) is 76.0 cm³/mol. The van der Waals surface area contributed by atoms with E-state index in [2.05, 4.69) is 31.5 Å². The summed E-state index contributed by atoms with van der Waals surface area (Å²) in [6.07, 6.45) is 1.47. The van der Waals surface area contributed by atoms with Crippen molar-refractivity contribution in [1.29, 1.82) is 0 Å². The van der Waals surface area contributed by atoms with E-state index in [9.17, 15) is 4.79 Å². The van der Waals surface area contributed by atoms with Crippen LogP contribution in [0.4, 0.5) is 16.3 Å². The first-order valence-electron chi connectivity index (χ1n) is 5.08. The second-order valence-corrected chi connectivity index (χ2v) is 4.80. The van der Waals surface area contributed by atoms with Crippen LogP contribution in [0, 0.1) is 0 Å². The molecule has 1 aromatic heterocycles. The molecule has 0 unspecified atom stereocenters. The zero-order valence-electron chi connectivity index (χ0n) is 9.15. The lowest BCUT2D eigenvalue weighted by molar-refractivity contribution is 0.262. The largest absolute Gasteiger partial charge is 0.324 e. The molecular weight excluding hydrogens is 318 g/mol. The van der Waals surface area contributed by atoms with Gasteiger partial charge in [0.15, 0.2) is 0 Å². The molecule has 2 N–H and O–H groups in total. The number of carbonyl (C=O) groups excluding carboxylic acids is 1. The molecule has 0 aliphatic carbocycles. The van der Waals surface area contributed by atoms with Crippen LogP contribution in [0.1, 0.15) is 0 Å². The van der Waals surface area contributed by atoms with Gasteiger partial charge in [0.2, 0.25) is 0 Å². The summed E-state index contributed by atoms with van der Waals surface area (Å²) in [6.45, 7) is 0. The lowest BCUT2D eigenvalue weighted by Crippen LogP contribution is -2.19. The van der Waals surface area contributed by atoms with E-state index in [4.69, 9.17) is 11.6 Å². The van der Waals surface area contributed by atoms with Crippen LogP contribution in [0.25, 0.3) is 0 Å². The topological polar surface area (TPSA) is 54.0 Å². The van der Waals surface area contributed by atoms with E-state index in [1.54, 1.807) is 24.3 Å². The molecule has 0 saturated carbocycles. The Labute approximate surface area is 118 Å². The maximum absolute atomic E-state index is 11.6. The average molecular weight is 327 g/mol. The van der Waals surface area contributed by atoms with Crippen molar-refractivity contribution in [2.75, 3.05) is 10.6 Å². The van der Waals surface area contributed by atoms with Gasteiger partial charge in [0, 0.05) is 16.4 Å². The number of benzene rings is 1. The number of anilines is 2. The van der Waals surface area contributed by atoms with Crippen molar-refractivity contribution < 1.29 is 4.79 Å². The van der Waals surface area contributed by atoms with Gasteiger partial charge >= 0.3 is 6.03 Å².